The zero-order valence-corrected chi connectivity index (χ0v) is 10.9. The zero-order chi connectivity index (χ0) is 13.1. The summed E-state index contributed by atoms with van der Waals surface area (Å²) in [5.74, 6) is 2.71. The Morgan fingerprint density at radius 2 is 2.11 bits per heavy atom. The first kappa shape index (κ1) is 11.8. The molecule has 0 saturated heterocycles. The SMILES string of the molecule is Cc1ccc(C2CN=C(NCc3ccccc3)N2)o1. The fraction of sp³-hybridized carbons (Fsp3) is 0.267. The van der Waals surface area contributed by atoms with Crippen LogP contribution in [0.1, 0.15) is 23.1 Å². The van der Waals surface area contributed by atoms with Crippen molar-refractivity contribution in [1.29, 1.82) is 0 Å². The Morgan fingerprint density at radius 1 is 1.26 bits per heavy atom. The third-order valence-corrected chi connectivity index (χ3v) is 3.15. The normalized spacial score (nSPS) is 17.9. The van der Waals surface area contributed by atoms with Gasteiger partial charge >= 0.3 is 0 Å². The standard InChI is InChI=1S/C15H17N3O/c1-11-7-8-14(19-11)13-10-17-15(18-13)16-9-12-5-3-2-4-6-12/h2-8,13H,9-10H2,1H3,(H2,16,17,18). The van der Waals surface area contributed by atoms with Gasteiger partial charge in [-0.1, -0.05) is 30.3 Å². The highest BCUT2D eigenvalue weighted by Gasteiger charge is 2.21. The number of rotatable bonds is 3. The molecule has 0 radical (unpaired) electrons. The van der Waals surface area contributed by atoms with Crippen LogP contribution in [0.2, 0.25) is 0 Å². The van der Waals surface area contributed by atoms with Gasteiger partial charge in [-0.05, 0) is 24.6 Å². The summed E-state index contributed by atoms with van der Waals surface area (Å²) in [6.45, 7) is 3.44. The lowest BCUT2D eigenvalue weighted by molar-refractivity contribution is 0.441. The first-order chi connectivity index (χ1) is 9.31. The molecule has 2 heterocycles. The van der Waals surface area contributed by atoms with Crippen LogP contribution in [0.15, 0.2) is 51.9 Å². The molecular formula is C15H17N3O. The Balaban J connectivity index is 1.54. The second-order valence-corrected chi connectivity index (χ2v) is 4.67. The van der Waals surface area contributed by atoms with Gasteiger partial charge in [-0.25, -0.2) is 0 Å². The Hall–Kier alpha value is -2.23. The number of hydrogen-bond donors (Lipinski definition) is 2. The van der Waals surface area contributed by atoms with Crippen LogP contribution in [0.4, 0.5) is 0 Å². The van der Waals surface area contributed by atoms with E-state index < -0.39 is 0 Å². The van der Waals surface area contributed by atoms with E-state index in [0.717, 1.165) is 24.0 Å². The van der Waals surface area contributed by atoms with E-state index in [1.54, 1.807) is 0 Å². The van der Waals surface area contributed by atoms with Gasteiger partial charge in [-0.2, -0.15) is 0 Å². The minimum atomic E-state index is 0.145. The van der Waals surface area contributed by atoms with Crippen LogP contribution in [-0.2, 0) is 6.54 Å². The maximum atomic E-state index is 5.61. The van der Waals surface area contributed by atoms with Crippen molar-refractivity contribution >= 4 is 5.96 Å². The maximum Gasteiger partial charge on any atom is 0.192 e. The average molecular weight is 255 g/mol. The smallest absolute Gasteiger partial charge is 0.192 e. The van der Waals surface area contributed by atoms with E-state index in [0.29, 0.717) is 6.54 Å². The highest BCUT2D eigenvalue weighted by molar-refractivity contribution is 5.81. The monoisotopic (exact) mass is 255 g/mol. The highest BCUT2D eigenvalue weighted by atomic mass is 16.3. The molecule has 0 amide bonds. The van der Waals surface area contributed by atoms with Crippen molar-refractivity contribution in [3.8, 4) is 0 Å². The van der Waals surface area contributed by atoms with Crippen molar-refractivity contribution in [1.82, 2.24) is 10.6 Å². The van der Waals surface area contributed by atoms with Crippen LogP contribution in [0.25, 0.3) is 0 Å². The summed E-state index contributed by atoms with van der Waals surface area (Å²) in [5, 5.41) is 6.64. The van der Waals surface area contributed by atoms with Crippen LogP contribution < -0.4 is 10.6 Å². The molecule has 4 nitrogen and oxygen atoms in total. The van der Waals surface area contributed by atoms with Crippen LogP contribution in [0.5, 0.6) is 0 Å². The van der Waals surface area contributed by atoms with Gasteiger partial charge in [0, 0.05) is 6.54 Å². The lowest BCUT2D eigenvalue weighted by atomic mass is 10.2. The third-order valence-electron chi connectivity index (χ3n) is 3.15. The molecule has 0 aliphatic carbocycles. The summed E-state index contributed by atoms with van der Waals surface area (Å²) in [6.07, 6.45) is 0. The Labute approximate surface area is 112 Å². The molecule has 2 N–H and O–H groups in total. The molecule has 1 unspecified atom stereocenters. The molecule has 0 bridgehead atoms. The quantitative estimate of drug-likeness (QED) is 0.885. The maximum absolute atomic E-state index is 5.61. The van der Waals surface area contributed by atoms with Crippen LogP contribution in [-0.4, -0.2) is 12.5 Å². The number of guanidine groups is 1. The molecule has 19 heavy (non-hydrogen) atoms. The van der Waals surface area contributed by atoms with E-state index in [1.165, 1.54) is 5.56 Å². The van der Waals surface area contributed by atoms with Crippen LogP contribution >= 0.6 is 0 Å². The van der Waals surface area contributed by atoms with Crippen molar-refractivity contribution in [3.63, 3.8) is 0 Å². The lowest BCUT2D eigenvalue weighted by Gasteiger charge is -2.10. The van der Waals surface area contributed by atoms with Crippen molar-refractivity contribution in [2.75, 3.05) is 6.54 Å². The number of aryl methyl sites for hydroxylation is 1. The van der Waals surface area contributed by atoms with Gasteiger partial charge in [-0.15, -0.1) is 0 Å². The molecule has 1 aromatic heterocycles. The van der Waals surface area contributed by atoms with Crippen LogP contribution in [0.3, 0.4) is 0 Å². The Morgan fingerprint density at radius 3 is 2.84 bits per heavy atom. The zero-order valence-electron chi connectivity index (χ0n) is 10.9. The van der Waals surface area contributed by atoms with Gasteiger partial charge < -0.3 is 15.1 Å². The molecule has 0 saturated carbocycles. The van der Waals surface area contributed by atoms with Gasteiger partial charge in [0.05, 0.1) is 6.54 Å². The number of nitrogens with one attached hydrogen (secondary N) is 2. The second kappa shape index (κ2) is 5.18. The Kier molecular flexibility index (Phi) is 3.23. The van der Waals surface area contributed by atoms with E-state index in [2.05, 4.69) is 27.8 Å². The molecular weight excluding hydrogens is 238 g/mol. The average Bonchev–Trinajstić information content (AvgIpc) is 3.06. The first-order valence-electron chi connectivity index (χ1n) is 6.46. The van der Waals surface area contributed by atoms with Crippen molar-refractivity contribution in [2.24, 2.45) is 4.99 Å². The molecule has 0 spiro atoms. The van der Waals surface area contributed by atoms with Crippen LogP contribution in [0, 0.1) is 6.92 Å². The fourth-order valence-electron chi connectivity index (χ4n) is 2.13. The minimum absolute atomic E-state index is 0.145. The summed E-state index contributed by atoms with van der Waals surface area (Å²) in [6, 6.07) is 14.4. The molecule has 98 valence electrons. The van der Waals surface area contributed by atoms with Crippen molar-refractivity contribution < 1.29 is 4.42 Å². The molecule has 1 atom stereocenters. The van der Waals surface area contributed by atoms with Gasteiger partial charge in [-0.3, -0.25) is 4.99 Å². The van der Waals surface area contributed by atoms with Crippen molar-refractivity contribution in [2.45, 2.75) is 19.5 Å². The molecule has 4 heteroatoms. The summed E-state index contributed by atoms with van der Waals surface area (Å²) in [5.41, 5.74) is 1.24. The topological polar surface area (TPSA) is 49.6 Å². The minimum Gasteiger partial charge on any atom is -0.464 e. The Bertz CT molecular complexity index is 574. The van der Waals surface area contributed by atoms with E-state index >= 15 is 0 Å². The van der Waals surface area contributed by atoms with Gasteiger partial charge in [0.15, 0.2) is 5.96 Å². The number of furan rings is 1. The van der Waals surface area contributed by atoms with E-state index in [1.807, 2.05) is 37.3 Å². The lowest BCUT2D eigenvalue weighted by Crippen LogP contribution is -2.34. The fourth-order valence-corrected chi connectivity index (χ4v) is 2.13. The molecule has 2 aromatic rings. The number of hydrogen-bond acceptors (Lipinski definition) is 4. The summed E-state index contributed by atoms with van der Waals surface area (Å²) in [7, 11) is 0. The molecule has 0 fully saturated rings. The predicted molar refractivity (Wildman–Crippen MR) is 74.9 cm³/mol. The molecule has 1 aliphatic rings. The third kappa shape index (κ3) is 2.78. The summed E-state index contributed by atoms with van der Waals surface area (Å²) >= 11 is 0. The van der Waals surface area contributed by atoms with Gasteiger partial charge in [0.2, 0.25) is 0 Å². The largest absolute Gasteiger partial charge is 0.464 e. The molecule has 1 aromatic carbocycles. The van der Waals surface area contributed by atoms with E-state index in [4.69, 9.17) is 4.42 Å². The number of nitrogens with zero attached hydrogens (tertiary/aromatic N) is 1. The second-order valence-electron chi connectivity index (χ2n) is 4.67. The van der Waals surface area contributed by atoms with E-state index in [9.17, 15) is 0 Å². The predicted octanol–water partition coefficient (Wildman–Crippen LogP) is 2.38. The molecule has 3 rings (SSSR count). The van der Waals surface area contributed by atoms with E-state index in [-0.39, 0.29) is 6.04 Å². The summed E-state index contributed by atoms with van der Waals surface area (Å²) in [4.78, 5) is 4.45. The van der Waals surface area contributed by atoms with Crippen molar-refractivity contribution in [3.05, 3.63) is 59.5 Å². The molecule has 1 aliphatic heterocycles. The first-order valence-corrected chi connectivity index (χ1v) is 6.46. The highest BCUT2D eigenvalue weighted by Crippen LogP contribution is 2.19. The van der Waals surface area contributed by atoms with Gasteiger partial charge in [0.1, 0.15) is 17.6 Å². The van der Waals surface area contributed by atoms with Gasteiger partial charge in [0.25, 0.3) is 0 Å². The summed E-state index contributed by atoms with van der Waals surface area (Å²) < 4.78 is 5.61. The number of benzene rings is 1. The number of aliphatic imine (C=N–C) groups is 1.